The molecule has 2 heterocycles. The van der Waals surface area contributed by atoms with E-state index in [0.717, 1.165) is 0 Å². The third-order valence-electron chi connectivity index (χ3n) is 6.30. The van der Waals surface area contributed by atoms with E-state index in [2.05, 4.69) is 10.6 Å². The Morgan fingerprint density at radius 2 is 2.03 bits per heavy atom. The van der Waals surface area contributed by atoms with Crippen LogP contribution in [0.25, 0.3) is 11.1 Å². The largest absolute Gasteiger partial charge is 0.391 e. The van der Waals surface area contributed by atoms with Crippen LogP contribution >= 0.6 is 0 Å². The van der Waals surface area contributed by atoms with Crippen molar-refractivity contribution in [3.63, 3.8) is 0 Å². The third-order valence-corrected chi connectivity index (χ3v) is 6.30. The fourth-order valence-corrected chi connectivity index (χ4v) is 4.49. The zero-order chi connectivity index (χ0) is 26.7. The molecule has 1 saturated heterocycles. The van der Waals surface area contributed by atoms with Crippen molar-refractivity contribution in [2.24, 2.45) is 5.92 Å². The second kappa shape index (κ2) is 10.8. The Kier molecular flexibility index (Phi) is 7.55. The normalized spacial score (nSPS) is 17.9. The van der Waals surface area contributed by atoms with Gasteiger partial charge in [-0.1, -0.05) is 43.3 Å². The SMILES string of the molecule is Cc1cc([C@H](C(=O)N2C[C@H](O)C[C@H]2C(=O)NOc2ccc(-c3ccccc3F)cc2C#N)C(C)C)on1. The molecule has 2 N–H and O–H groups in total. The Morgan fingerprint density at radius 3 is 2.68 bits per heavy atom. The fourth-order valence-electron chi connectivity index (χ4n) is 4.49. The topological polar surface area (TPSA) is 129 Å². The summed E-state index contributed by atoms with van der Waals surface area (Å²) in [5.41, 5.74) is 3.82. The highest BCUT2D eigenvalue weighted by atomic mass is 19.1. The first-order chi connectivity index (χ1) is 17.7. The van der Waals surface area contributed by atoms with Crippen molar-refractivity contribution in [3.05, 3.63) is 71.4 Å². The first-order valence-electron chi connectivity index (χ1n) is 11.9. The molecule has 2 aromatic carbocycles. The lowest BCUT2D eigenvalue weighted by molar-refractivity contribution is -0.143. The van der Waals surface area contributed by atoms with Crippen LogP contribution < -0.4 is 10.3 Å². The number of carbonyl (C=O) groups excluding carboxylic acids is 2. The second-order valence-electron chi connectivity index (χ2n) is 9.36. The van der Waals surface area contributed by atoms with E-state index in [-0.39, 0.29) is 36.1 Å². The van der Waals surface area contributed by atoms with Gasteiger partial charge in [0.15, 0.2) is 5.75 Å². The number of rotatable bonds is 7. The number of nitriles is 1. The number of aryl methyl sites for hydroxylation is 1. The lowest BCUT2D eigenvalue weighted by Crippen LogP contribution is -2.48. The van der Waals surface area contributed by atoms with E-state index in [1.54, 1.807) is 37.3 Å². The average molecular weight is 507 g/mol. The van der Waals surface area contributed by atoms with Crippen LogP contribution in [0.1, 0.15) is 43.2 Å². The highest BCUT2D eigenvalue weighted by molar-refractivity contribution is 5.91. The number of amides is 2. The Hall–Kier alpha value is -4.23. The van der Waals surface area contributed by atoms with Gasteiger partial charge in [-0.15, -0.1) is 0 Å². The van der Waals surface area contributed by atoms with Gasteiger partial charge in [0.1, 0.15) is 29.6 Å². The van der Waals surface area contributed by atoms with Gasteiger partial charge in [0, 0.05) is 24.6 Å². The maximum atomic E-state index is 14.2. The van der Waals surface area contributed by atoms with E-state index >= 15 is 0 Å². The van der Waals surface area contributed by atoms with Crippen LogP contribution in [0, 0.1) is 30.0 Å². The third kappa shape index (κ3) is 5.47. The van der Waals surface area contributed by atoms with Crippen LogP contribution in [0.4, 0.5) is 4.39 Å². The lowest BCUT2D eigenvalue weighted by Gasteiger charge is -2.28. The van der Waals surface area contributed by atoms with Gasteiger partial charge in [-0.05, 0) is 36.6 Å². The second-order valence-corrected chi connectivity index (χ2v) is 9.36. The lowest BCUT2D eigenvalue weighted by atomic mass is 9.91. The molecule has 3 aromatic rings. The molecule has 1 fully saturated rings. The van der Waals surface area contributed by atoms with Gasteiger partial charge in [0.05, 0.1) is 17.4 Å². The summed E-state index contributed by atoms with van der Waals surface area (Å²) in [6.07, 6.45) is -0.864. The Morgan fingerprint density at radius 1 is 1.27 bits per heavy atom. The number of nitrogens with zero attached hydrogens (tertiary/aromatic N) is 3. The van der Waals surface area contributed by atoms with Gasteiger partial charge in [-0.25, -0.2) is 4.39 Å². The molecule has 2 amide bonds. The molecule has 9 nitrogen and oxygen atoms in total. The van der Waals surface area contributed by atoms with Gasteiger partial charge in [-0.2, -0.15) is 10.7 Å². The van der Waals surface area contributed by atoms with E-state index in [9.17, 15) is 24.3 Å². The summed E-state index contributed by atoms with van der Waals surface area (Å²) >= 11 is 0. The van der Waals surface area contributed by atoms with E-state index in [1.807, 2.05) is 19.9 Å². The monoisotopic (exact) mass is 506 g/mol. The fraction of sp³-hybridized carbons (Fsp3) is 0.333. The molecule has 10 heteroatoms. The molecule has 4 rings (SSSR count). The maximum absolute atomic E-state index is 14.2. The smallest absolute Gasteiger partial charge is 0.275 e. The number of hydrogen-bond donors (Lipinski definition) is 2. The quantitative estimate of drug-likeness (QED) is 0.470. The van der Waals surface area contributed by atoms with E-state index in [1.165, 1.54) is 23.1 Å². The number of carbonyl (C=O) groups is 2. The summed E-state index contributed by atoms with van der Waals surface area (Å²) < 4.78 is 19.5. The summed E-state index contributed by atoms with van der Waals surface area (Å²) in [6, 6.07) is 13.3. The predicted octanol–water partition coefficient (Wildman–Crippen LogP) is 3.47. The number of likely N-dealkylation sites (tertiary alicyclic amines) is 1. The molecule has 3 atom stereocenters. The van der Waals surface area contributed by atoms with Crippen molar-refractivity contribution in [3.8, 4) is 22.9 Å². The summed E-state index contributed by atoms with van der Waals surface area (Å²) in [5, 5.41) is 23.7. The summed E-state index contributed by atoms with van der Waals surface area (Å²) in [6.45, 7) is 5.45. The minimum atomic E-state index is -0.990. The van der Waals surface area contributed by atoms with Gasteiger partial charge < -0.3 is 19.4 Å². The number of benzene rings is 2. The standard InChI is InChI=1S/C27H27FN4O5/c1-15(2)25(24-10-16(3)30-37-24)27(35)32-14-19(33)12-22(32)26(34)31-36-23-9-8-17(11-18(23)13-29)20-6-4-5-7-21(20)28/h4-11,15,19,22,25,33H,12,14H2,1-3H3,(H,31,34)/t19-,22+,25-/m1/s1. The zero-order valence-corrected chi connectivity index (χ0v) is 20.6. The highest BCUT2D eigenvalue weighted by Gasteiger charge is 2.43. The number of aromatic nitrogens is 1. The molecule has 0 radical (unpaired) electrons. The first-order valence-corrected chi connectivity index (χ1v) is 11.9. The van der Waals surface area contributed by atoms with Crippen LogP contribution in [0.3, 0.4) is 0 Å². The van der Waals surface area contributed by atoms with Crippen LogP contribution in [0.5, 0.6) is 5.75 Å². The van der Waals surface area contributed by atoms with Crippen molar-refractivity contribution >= 4 is 11.8 Å². The summed E-state index contributed by atoms with van der Waals surface area (Å²) in [4.78, 5) is 33.2. The molecule has 1 aliphatic rings. The van der Waals surface area contributed by atoms with Crippen molar-refractivity contribution in [2.45, 2.75) is 45.3 Å². The zero-order valence-electron chi connectivity index (χ0n) is 20.6. The molecule has 1 aromatic heterocycles. The number of nitrogens with one attached hydrogen (secondary N) is 1. The maximum Gasteiger partial charge on any atom is 0.275 e. The molecule has 0 aliphatic carbocycles. The molecular weight excluding hydrogens is 479 g/mol. The number of hydrogen-bond acceptors (Lipinski definition) is 7. The number of hydroxylamine groups is 1. The number of halogens is 1. The molecule has 0 spiro atoms. The van der Waals surface area contributed by atoms with Gasteiger partial charge in [0.25, 0.3) is 5.91 Å². The molecule has 37 heavy (non-hydrogen) atoms. The summed E-state index contributed by atoms with van der Waals surface area (Å²) in [7, 11) is 0. The van der Waals surface area contributed by atoms with Gasteiger partial charge >= 0.3 is 0 Å². The molecule has 0 saturated carbocycles. The summed E-state index contributed by atoms with van der Waals surface area (Å²) in [5.74, 6) is -1.83. The van der Waals surface area contributed by atoms with Crippen molar-refractivity contribution in [1.29, 1.82) is 5.26 Å². The van der Waals surface area contributed by atoms with Crippen molar-refractivity contribution in [1.82, 2.24) is 15.5 Å². The molecule has 1 aliphatic heterocycles. The average Bonchev–Trinajstić information content (AvgIpc) is 3.48. The molecular formula is C27H27FN4O5. The van der Waals surface area contributed by atoms with Gasteiger partial charge in [-0.3, -0.25) is 9.59 Å². The minimum absolute atomic E-state index is 0.0198. The number of aliphatic hydroxyl groups excluding tert-OH is 1. The van der Waals surface area contributed by atoms with Crippen LogP contribution in [0.15, 0.2) is 53.1 Å². The number of aliphatic hydroxyl groups is 1. The van der Waals surface area contributed by atoms with Crippen LogP contribution in [0.2, 0.25) is 0 Å². The Bertz CT molecular complexity index is 1350. The Balaban J connectivity index is 1.50. The van der Waals surface area contributed by atoms with Crippen molar-refractivity contribution in [2.75, 3.05) is 6.54 Å². The van der Waals surface area contributed by atoms with E-state index in [0.29, 0.717) is 22.6 Å². The highest BCUT2D eigenvalue weighted by Crippen LogP contribution is 2.31. The predicted molar refractivity (Wildman–Crippen MR) is 130 cm³/mol. The minimum Gasteiger partial charge on any atom is -0.391 e. The van der Waals surface area contributed by atoms with E-state index < -0.39 is 29.8 Å². The number of β-amino-alcohol motifs (C(OH)–C–C–N with tert-alkyl or cyclic N) is 1. The van der Waals surface area contributed by atoms with Crippen LogP contribution in [-0.4, -0.2) is 45.7 Å². The molecule has 0 unspecified atom stereocenters. The van der Waals surface area contributed by atoms with Crippen molar-refractivity contribution < 1.29 is 28.4 Å². The van der Waals surface area contributed by atoms with E-state index in [4.69, 9.17) is 9.36 Å². The van der Waals surface area contributed by atoms with Crippen LogP contribution in [-0.2, 0) is 9.59 Å². The first kappa shape index (κ1) is 25.9. The van der Waals surface area contributed by atoms with Gasteiger partial charge in [0.2, 0.25) is 5.91 Å². The molecule has 0 bridgehead atoms. The molecule has 192 valence electrons. The Labute approximate surface area is 213 Å².